The third kappa shape index (κ3) is 2.77. The quantitative estimate of drug-likeness (QED) is 0.867. The van der Waals surface area contributed by atoms with E-state index in [0.717, 1.165) is 17.3 Å². The number of anilines is 3. The summed E-state index contributed by atoms with van der Waals surface area (Å²) in [5, 5.41) is 3.28. The van der Waals surface area contributed by atoms with Crippen LogP contribution in [0.3, 0.4) is 0 Å². The standard InChI is InChI=1S/C14H18N4/c1-9(2)14-17-12(15)8-13(18-14)16-11-7-5-4-6-10(11)3/h4-9H,1-3H3,(H3,15,16,17,18). The lowest BCUT2D eigenvalue weighted by atomic mass is 10.2. The number of hydrogen-bond donors (Lipinski definition) is 2. The molecule has 94 valence electrons. The van der Waals surface area contributed by atoms with Crippen molar-refractivity contribution < 1.29 is 0 Å². The van der Waals surface area contributed by atoms with Gasteiger partial charge in [0, 0.05) is 17.7 Å². The summed E-state index contributed by atoms with van der Waals surface area (Å²) in [4.78, 5) is 8.69. The van der Waals surface area contributed by atoms with E-state index in [1.165, 1.54) is 5.56 Å². The molecule has 1 heterocycles. The summed E-state index contributed by atoms with van der Waals surface area (Å²) in [6.45, 7) is 6.15. The highest BCUT2D eigenvalue weighted by Crippen LogP contribution is 2.21. The molecule has 0 aliphatic heterocycles. The number of rotatable bonds is 3. The summed E-state index contributed by atoms with van der Waals surface area (Å²) < 4.78 is 0. The Labute approximate surface area is 107 Å². The molecule has 4 heteroatoms. The molecule has 2 aromatic rings. The zero-order valence-electron chi connectivity index (χ0n) is 10.9. The number of aryl methyl sites for hydroxylation is 1. The summed E-state index contributed by atoms with van der Waals surface area (Å²) in [7, 11) is 0. The van der Waals surface area contributed by atoms with Crippen molar-refractivity contribution in [3.8, 4) is 0 Å². The van der Waals surface area contributed by atoms with Gasteiger partial charge in [0.05, 0.1) is 0 Å². The van der Waals surface area contributed by atoms with Crippen LogP contribution in [0, 0.1) is 6.92 Å². The molecule has 0 saturated heterocycles. The smallest absolute Gasteiger partial charge is 0.136 e. The molecule has 4 nitrogen and oxygen atoms in total. The maximum absolute atomic E-state index is 5.80. The molecule has 0 atom stereocenters. The van der Waals surface area contributed by atoms with Crippen LogP contribution in [0.15, 0.2) is 30.3 Å². The first kappa shape index (κ1) is 12.4. The zero-order valence-corrected chi connectivity index (χ0v) is 10.9. The highest BCUT2D eigenvalue weighted by atomic mass is 15.1. The highest BCUT2D eigenvalue weighted by molar-refractivity contribution is 5.61. The molecule has 0 fully saturated rings. The molecule has 0 unspecified atom stereocenters. The van der Waals surface area contributed by atoms with E-state index in [2.05, 4.69) is 28.3 Å². The lowest BCUT2D eigenvalue weighted by Gasteiger charge is -2.11. The number of aromatic nitrogens is 2. The molecule has 0 radical (unpaired) electrons. The second-order valence-electron chi connectivity index (χ2n) is 4.63. The highest BCUT2D eigenvalue weighted by Gasteiger charge is 2.07. The maximum atomic E-state index is 5.80. The predicted octanol–water partition coefficient (Wildman–Crippen LogP) is 3.23. The Bertz CT molecular complexity index is 549. The number of nitrogens with one attached hydrogen (secondary N) is 1. The minimum Gasteiger partial charge on any atom is -0.384 e. The maximum Gasteiger partial charge on any atom is 0.136 e. The Balaban J connectivity index is 2.32. The largest absolute Gasteiger partial charge is 0.384 e. The van der Waals surface area contributed by atoms with Crippen LogP contribution in [0.2, 0.25) is 0 Å². The molecule has 1 aromatic carbocycles. The minimum atomic E-state index is 0.255. The normalized spacial score (nSPS) is 10.7. The third-order valence-corrected chi connectivity index (χ3v) is 2.69. The van der Waals surface area contributed by atoms with Crippen LogP contribution >= 0.6 is 0 Å². The first-order valence-corrected chi connectivity index (χ1v) is 6.03. The number of benzene rings is 1. The van der Waals surface area contributed by atoms with Crippen molar-refractivity contribution in [2.45, 2.75) is 26.7 Å². The van der Waals surface area contributed by atoms with Crippen molar-refractivity contribution in [1.82, 2.24) is 9.97 Å². The Morgan fingerprint density at radius 1 is 1.17 bits per heavy atom. The predicted molar refractivity (Wildman–Crippen MR) is 75.0 cm³/mol. The van der Waals surface area contributed by atoms with E-state index in [1.54, 1.807) is 6.07 Å². The Hall–Kier alpha value is -2.10. The topological polar surface area (TPSA) is 63.8 Å². The van der Waals surface area contributed by atoms with E-state index in [4.69, 9.17) is 5.73 Å². The average molecular weight is 242 g/mol. The van der Waals surface area contributed by atoms with Crippen molar-refractivity contribution in [2.75, 3.05) is 11.1 Å². The van der Waals surface area contributed by atoms with Gasteiger partial charge in [-0.15, -0.1) is 0 Å². The Morgan fingerprint density at radius 2 is 1.89 bits per heavy atom. The second-order valence-corrected chi connectivity index (χ2v) is 4.63. The van der Waals surface area contributed by atoms with Gasteiger partial charge in [-0.25, -0.2) is 9.97 Å². The molecule has 0 aliphatic carbocycles. The molecule has 0 saturated carbocycles. The lowest BCUT2D eigenvalue weighted by molar-refractivity contribution is 0.779. The molecule has 0 spiro atoms. The fourth-order valence-electron chi connectivity index (χ4n) is 1.66. The van der Waals surface area contributed by atoms with Crippen LogP contribution in [0.25, 0.3) is 0 Å². The van der Waals surface area contributed by atoms with E-state index in [-0.39, 0.29) is 5.92 Å². The number of nitrogens with two attached hydrogens (primary N) is 1. The van der Waals surface area contributed by atoms with E-state index >= 15 is 0 Å². The van der Waals surface area contributed by atoms with E-state index < -0.39 is 0 Å². The third-order valence-electron chi connectivity index (χ3n) is 2.69. The molecule has 3 N–H and O–H groups in total. The van der Waals surface area contributed by atoms with Crippen LogP contribution in [-0.4, -0.2) is 9.97 Å². The van der Waals surface area contributed by atoms with Gasteiger partial charge in [0.1, 0.15) is 17.5 Å². The van der Waals surface area contributed by atoms with Crippen molar-refractivity contribution in [1.29, 1.82) is 0 Å². The fourth-order valence-corrected chi connectivity index (χ4v) is 1.66. The number of nitrogen functional groups attached to an aromatic ring is 1. The van der Waals surface area contributed by atoms with Crippen molar-refractivity contribution >= 4 is 17.3 Å². The van der Waals surface area contributed by atoms with Crippen molar-refractivity contribution in [3.63, 3.8) is 0 Å². The Kier molecular flexibility index (Phi) is 3.46. The van der Waals surface area contributed by atoms with Crippen LogP contribution in [-0.2, 0) is 0 Å². The Morgan fingerprint density at radius 3 is 2.56 bits per heavy atom. The second kappa shape index (κ2) is 5.04. The zero-order chi connectivity index (χ0) is 13.1. The molecular weight excluding hydrogens is 224 g/mol. The van der Waals surface area contributed by atoms with Crippen LogP contribution in [0.5, 0.6) is 0 Å². The van der Waals surface area contributed by atoms with Crippen molar-refractivity contribution in [2.24, 2.45) is 0 Å². The van der Waals surface area contributed by atoms with Gasteiger partial charge in [-0.3, -0.25) is 0 Å². The fraction of sp³-hybridized carbons (Fsp3) is 0.286. The first-order valence-electron chi connectivity index (χ1n) is 6.03. The van der Waals surface area contributed by atoms with Crippen LogP contribution < -0.4 is 11.1 Å². The first-order chi connectivity index (χ1) is 8.56. The summed E-state index contributed by atoms with van der Waals surface area (Å²) in [6.07, 6.45) is 0. The summed E-state index contributed by atoms with van der Waals surface area (Å²) in [5.41, 5.74) is 8.00. The van der Waals surface area contributed by atoms with Gasteiger partial charge in [-0.05, 0) is 18.6 Å². The summed E-state index contributed by atoms with van der Waals surface area (Å²) in [5.74, 6) is 2.24. The molecule has 0 amide bonds. The van der Waals surface area contributed by atoms with E-state index in [0.29, 0.717) is 5.82 Å². The van der Waals surface area contributed by atoms with Crippen LogP contribution in [0.4, 0.5) is 17.3 Å². The molecule has 2 rings (SSSR count). The number of hydrogen-bond acceptors (Lipinski definition) is 4. The van der Waals surface area contributed by atoms with E-state index in [9.17, 15) is 0 Å². The number of para-hydroxylation sites is 1. The molecule has 0 aliphatic rings. The van der Waals surface area contributed by atoms with Gasteiger partial charge in [-0.1, -0.05) is 32.0 Å². The molecular formula is C14H18N4. The monoisotopic (exact) mass is 242 g/mol. The van der Waals surface area contributed by atoms with E-state index in [1.807, 2.05) is 32.0 Å². The van der Waals surface area contributed by atoms with Gasteiger partial charge in [0.15, 0.2) is 0 Å². The van der Waals surface area contributed by atoms with Gasteiger partial charge in [-0.2, -0.15) is 0 Å². The lowest BCUT2D eigenvalue weighted by Crippen LogP contribution is -2.05. The van der Waals surface area contributed by atoms with Gasteiger partial charge < -0.3 is 11.1 Å². The summed E-state index contributed by atoms with van der Waals surface area (Å²) in [6, 6.07) is 9.81. The summed E-state index contributed by atoms with van der Waals surface area (Å²) >= 11 is 0. The van der Waals surface area contributed by atoms with Gasteiger partial charge in [0.2, 0.25) is 0 Å². The molecule has 0 bridgehead atoms. The van der Waals surface area contributed by atoms with Gasteiger partial charge >= 0.3 is 0 Å². The van der Waals surface area contributed by atoms with Gasteiger partial charge in [0.25, 0.3) is 0 Å². The molecule has 18 heavy (non-hydrogen) atoms. The average Bonchev–Trinajstić information content (AvgIpc) is 2.31. The minimum absolute atomic E-state index is 0.255. The van der Waals surface area contributed by atoms with Crippen molar-refractivity contribution in [3.05, 3.63) is 41.7 Å². The number of nitrogens with zero attached hydrogens (tertiary/aromatic N) is 2. The molecule has 1 aromatic heterocycles. The van der Waals surface area contributed by atoms with Crippen LogP contribution in [0.1, 0.15) is 31.2 Å². The SMILES string of the molecule is Cc1ccccc1Nc1cc(N)nc(C(C)C)n1.